The maximum Gasteiger partial charge on any atom is 0.213 e. The van der Waals surface area contributed by atoms with E-state index >= 15 is 0 Å². The van der Waals surface area contributed by atoms with E-state index in [2.05, 4.69) is 16.0 Å². The van der Waals surface area contributed by atoms with Gasteiger partial charge in [0.25, 0.3) is 0 Å². The van der Waals surface area contributed by atoms with Gasteiger partial charge in [0, 0.05) is 25.1 Å². The molecule has 108 valence electrons. The number of nitrogens with zero attached hydrogens (tertiary/aromatic N) is 2. The molecule has 4 heteroatoms. The van der Waals surface area contributed by atoms with Crippen molar-refractivity contribution in [3.8, 4) is 5.88 Å². The largest absolute Gasteiger partial charge is 0.474 e. The number of rotatable bonds is 4. The van der Waals surface area contributed by atoms with Crippen LogP contribution in [0, 0.1) is 5.92 Å². The van der Waals surface area contributed by atoms with E-state index in [0.717, 1.165) is 50.3 Å². The van der Waals surface area contributed by atoms with Gasteiger partial charge in [-0.3, -0.25) is 4.79 Å². The fourth-order valence-corrected chi connectivity index (χ4v) is 2.83. The first kappa shape index (κ1) is 13.4. The third kappa shape index (κ3) is 2.94. The summed E-state index contributed by atoms with van der Waals surface area (Å²) in [7, 11) is 0. The number of pyridine rings is 1. The Balaban J connectivity index is 1.56. The summed E-state index contributed by atoms with van der Waals surface area (Å²) in [5.74, 6) is 1.31. The first-order valence-corrected chi connectivity index (χ1v) is 7.60. The molecule has 2 fully saturated rings. The van der Waals surface area contributed by atoms with Gasteiger partial charge in [0.05, 0.1) is 11.9 Å². The molecule has 1 aliphatic carbocycles. The molecule has 1 aliphatic heterocycles. The summed E-state index contributed by atoms with van der Waals surface area (Å²) in [6.45, 7) is 3.58. The summed E-state index contributed by atoms with van der Waals surface area (Å²) in [5.41, 5.74) is 1.13. The first-order valence-electron chi connectivity index (χ1n) is 7.60. The van der Waals surface area contributed by atoms with Crippen molar-refractivity contribution in [2.45, 2.75) is 45.1 Å². The van der Waals surface area contributed by atoms with E-state index in [1.54, 1.807) is 6.92 Å². The van der Waals surface area contributed by atoms with Crippen LogP contribution in [0.25, 0.3) is 0 Å². The Kier molecular flexibility index (Phi) is 3.90. The molecule has 0 unspecified atom stereocenters. The molecule has 0 radical (unpaired) electrons. The van der Waals surface area contributed by atoms with Crippen LogP contribution in [0.1, 0.15) is 39.0 Å². The van der Waals surface area contributed by atoms with Crippen LogP contribution in [-0.4, -0.2) is 30.0 Å². The average molecular weight is 274 g/mol. The summed E-state index contributed by atoms with van der Waals surface area (Å²) >= 11 is 0. The predicted octanol–water partition coefficient (Wildman–Crippen LogP) is 2.82. The van der Waals surface area contributed by atoms with Crippen LogP contribution in [0.4, 0.5) is 5.69 Å². The van der Waals surface area contributed by atoms with Crippen molar-refractivity contribution in [2.24, 2.45) is 5.92 Å². The van der Waals surface area contributed by atoms with Crippen LogP contribution in [0.2, 0.25) is 0 Å². The number of anilines is 1. The second-order valence-corrected chi connectivity index (χ2v) is 5.90. The van der Waals surface area contributed by atoms with Gasteiger partial charge in [0.2, 0.25) is 5.88 Å². The lowest BCUT2D eigenvalue weighted by atomic mass is 9.93. The highest BCUT2D eigenvalue weighted by molar-refractivity contribution is 5.78. The zero-order valence-corrected chi connectivity index (χ0v) is 12.0. The van der Waals surface area contributed by atoms with E-state index in [1.165, 1.54) is 6.42 Å². The van der Waals surface area contributed by atoms with E-state index in [4.69, 9.17) is 4.74 Å². The van der Waals surface area contributed by atoms with Crippen molar-refractivity contribution >= 4 is 11.5 Å². The topological polar surface area (TPSA) is 42.4 Å². The highest BCUT2D eigenvalue weighted by Gasteiger charge is 2.23. The van der Waals surface area contributed by atoms with Gasteiger partial charge in [0.15, 0.2) is 0 Å². The minimum absolute atomic E-state index is 0.250. The molecule has 0 bridgehead atoms. The Bertz CT molecular complexity index is 460. The number of ether oxygens (including phenoxy) is 1. The molecule has 2 heterocycles. The quantitative estimate of drug-likeness (QED) is 0.846. The molecule has 0 spiro atoms. The van der Waals surface area contributed by atoms with Gasteiger partial charge >= 0.3 is 0 Å². The zero-order valence-electron chi connectivity index (χ0n) is 12.0. The van der Waals surface area contributed by atoms with Crippen LogP contribution in [0.5, 0.6) is 5.88 Å². The van der Waals surface area contributed by atoms with Crippen LogP contribution < -0.4 is 9.64 Å². The van der Waals surface area contributed by atoms with Crippen LogP contribution in [0.3, 0.4) is 0 Å². The molecule has 1 saturated carbocycles. The zero-order chi connectivity index (χ0) is 13.9. The van der Waals surface area contributed by atoms with Gasteiger partial charge in [-0.25, -0.2) is 4.98 Å². The standard InChI is InChI=1S/C16H22N2O2/c1-12(19)13-7-9-18(10-8-13)14-5-6-16(17-11-14)20-15-3-2-4-15/h5-6,11,13,15H,2-4,7-10H2,1H3. The lowest BCUT2D eigenvalue weighted by molar-refractivity contribution is -0.121. The van der Waals surface area contributed by atoms with Crippen molar-refractivity contribution in [2.75, 3.05) is 18.0 Å². The lowest BCUT2D eigenvalue weighted by Gasteiger charge is -2.32. The molecule has 2 aliphatic rings. The van der Waals surface area contributed by atoms with Gasteiger partial charge in [0.1, 0.15) is 11.9 Å². The Labute approximate surface area is 120 Å². The summed E-state index contributed by atoms with van der Waals surface area (Å²) in [5, 5.41) is 0. The Morgan fingerprint density at radius 1 is 1.25 bits per heavy atom. The van der Waals surface area contributed by atoms with E-state index in [9.17, 15) is 4.79 Å². The highest BCUT2D eigenvalue weighted by Crippen LogP contribution is 2.27. The van der Waals surface area contributed by atoms with E-state index in [-0.39, 0.29) is 5.92 Å². The van der Waals surface area contributed by atoms with E-state index < -0.39 is 0 Å². The van der Waals surface area contributed by atoms with Crippen molar-refractivity contribution in [3.05, 3.63) is 18.3 Å². The summed E-state index contributed by atoms with van der Waals surface area (Å²) in [4.78, 5) is 18.1. The number of piperidine rings is 1. The molecule has 20 heavy (non-hydrogen) atoms. The predicted molar refractivity (Wildman–Crippen MR) is 78.1 cm³/mol. The molecule has 0 N–H and O–H groups in total. The maximum atomic E-state index is 11.4. The molecule has 0 aromatic carbocycles. The Morgan fingerprint density at radius 3 is 2.50 bits per heavy atom. The molecule has 0 amide bonds. The molecule has 1 aromatic heterocycles. The monoisotopic (exact) mass is 274 g/mol. The molecule has 3 rings (SSSR count). The first-order chi connectivity index (χ1) is 9.72. The third-order valence-electron chi connectivity index (χ3n) is 4.50. The van der Waals surface area contributed by atoms with Crippen molar-refractivity contribution in [3.63, 3.8) is 0 Å². The van der Waals surface area contributed by atoms with Crippen molar-refractivity contribution < 1.29 is 9.53 Å². The number of aromatic nitrogens is 1. The maximum absolute atomic E-state index is 11.4. The lowest BCUT2D eigenvalue weighted by Crippen LogP contribution is -2.35. The SMILES string of the molecule is CC(=O)C1CCN(c2ccc(OC3CCC3)nc2)CC1. The number of hydrogen-bond donors (Lipinski definition) is 0. The minimum Gasteiger partial charge on any atom is -0.474 e. The number of carbonyl (C=O) groups excluding carboxylic acids is 1. The molecule has 1 aromatic rings. The normalized spacial score (nSPS) is 20.6. The van der Waals surface area contributed by atoms with Crippen LogP contribution >= 0.6 is 0 Å². The van der Waals surface area contributed by atoms with Crippen molar-refractivity contribution in [1.29, 1.82) is 0 Å². The smallest absolute Gasteiger partial charge is 0.213 e. The molecule has 4 nitrogen and oxygen atoms in total. The van der Waals surface area contributed by atoms with Crippen molar-refractivity contribution in [1.82, 2.24) is 4.98 Å². The van der Waals surface area contributed by atoms with Gasteiger partial charge in [-0.05, 0) is 45.1 Å². The average Bonchev–Trinajstić information content (AvgIpc) is 2.44. The fourth-order valence-electron chi connectivity index (χ4n) is 2.83. The summed E-state index contributed by atoms with van der Waals surface area (Å²) in [6, 6.07) is 4.04. The summed E-state index contributed by atoms with van der Waals surface area (Å²) in [6.07, 6.45) is 7.75. The molecular weight excluding hydrogens is 252 g/mol. The van der Waals surface area contributed by atoms with Crippen LogP contribution in [-0.2, 0) is 4.79 Å². The Hall–Kier alpha value is -1.58. The van der Waals surface area contributed by atoms with Gasteiger partial charge < -0.3 is 9.64 Å². The Morgan fingerprint density at radius 2 is 2.00 bits per heavy atom. The van der Waals surface area contributed by atoms with Gasteiger partial charge in [-0.1, -0.05) is 0 Å². The number of hydrogen-bond acceptors (Lipinski definition) is 4. The number of carbonyl (C=O) groups is 1. The summed E-state index contributed by atoms with van der Waals surface area (Å²) < 4.78 is 5.77. The number of ketones is 1. The second kappa shape index (κ2) is 5.81. The van der Waals surface area contributed by atoms with E-state index in [0.29, 0.717) is 11.9 Å². The fraction of sp³-hybridized carbons (Fsp3) is 0.625. The molecule has 1 saturated heterocycles. The third-order valence-corrected chi connectivity index (χ3v) is 4.50. The highest BCUT2D eigenvalue weighted by atomic mass is 16.5. The molecular formula is C16H22N2O2. The van der Waals surface area contributed by atoms with E-state index in [1.807, 2.05) is 12.3 Å². The van der Waals surface area contributed by atoms with Gasteiger partial charge in [-0.15, -0.1) is 0 Å². The number of Topliss-reactive ketones (excluding diaryl/α,β-unsaturated/α-hetero) is 1. The minimum atomic E-state index is 0.250. The molecule has 0 atom stereocenters. The second-order valence-electron chi connectivity index (χ2n) is 5.90. The van der Waals surface area contributed by atoms with Gasteiger partial charge in [-0.2, -0.15) is 0 Å². The van der Waals surface area contributed by atoms with Crippen LogP contribution in [0.15, 0.2) is 18.3 Å².